The maximum atomic E-state index is 12.8. The first-order valence-corrected chi connectivity index (χ1v) is 11.0. The Morgan fingerprint density at radius 3 is 2.66 bits per heavy atom. The van der Waals surface area contributed by atoms with Crippen LogP contribution in [0.25, 0.3) is 11.3 Å². The third-order valence-electron chi connectivity index (χ3n) is 6.56. The largest absolute Gasteiger partial charge is 0.493 e. The molecule has 2 aromatic rings. The highest BCUT2D eigenvalue weighted by atomic mass is 16.5. The summed E-state index contributed by atoms with van der Waals surface area (Å²) in [6, 6.07) is 5.38. The van der Waals surface area contributed by atoms with E-state index in [0.29, 0.717) is 31.3 Å². The molecule has 4 rings (SSSR count). The van der Waals surface area contributed by atoms with Crippen LogP contribution < -0.4 is 14.9 Å². The van der Waals surface area contributed by atoms with Gasteiger partial charge < -0.3 is 23.5 Å². The summed E-state index contributed by atoms with van der Waals surface area (Å²) in [6.07, 6.45) is 3.12. The fraction of sp³-hybridized carbons (Fsp3) is 0.520. The topological polar surface area (TPSA) is 76.0 Å². The highest BCUT2D eigenvalue weighted by Gasteiger charge is 2.46. The van der Waals surface area contributed by atoms with Gasteiger partial charge in [-0.15, -0.1) is 0 Å². The highest BCUT2D eigenvalue weighted by Crippen LogP contribution is 2.55. The first-order valence-electron chi connectivity index (χ1n) is 11.0. The van der Waals surface area contributed by atoms with E-state index in [1.165, 1.54) is 6.92 Å². The number of pyridine rings is 1. The molecule has 1 saturated heterocycles. The van der Waals surface area contributed by atoms with Gasteiger partial charge in [-0.1, -0.05) is 13.8 Å². The Hall–Kier alpha value is -2.64. The van der Waals surface area contributed by atoms with Crippen molar-refractivity contribution in [1.82, 2.24) is 4.57 Å². The van der Waals surface area contributed by atoms with Gasteiger partial charge in [0.2, 0.25) is 0 Å². The number of rotatable bonds is 7. The maximum absolute atomic E-state index is 12.8. The van der Waals surface area contributed by atoms with E-state index in [9.17, 15) is 9.59 Å². The fourth-order valence-corrected chi connectivity index (χ4v) is 4.83. The van der Waals surface area contributed by atoms with Gasteiger partial charge in [-0.3, -0.25) is 9.59 Å². The standard InChI is InChI=1S/C25H31NO6/c1-15(27)18-14-26-19(13-20(18)28)16-11-21(30-5)22(31-9-6-8-29-4)12-17(16)23-24(26)25(2,3)7-10-32-23/h11-14,23-24H,6-10H2,1-5H3/t23-,24+/m1/s1. The second-order valence-corrected chi connectivity index (χ2v) is 9.16. The molecule has 1 aromatic heterocycles. The lowest BCUT2D eigenvalue weighted by atomic mass is 9.72. The van der Waals surface area contributed by atoms with E-state index in [2.05, 4.69) is 18.4 Å². The van der Waals surface area contributed by atoms with Crippen molar-refractivity contribution in [2.75, 3.05) is 34.0 Å². The van der Waals surface area contributed by atoms with Crippen LogP contribution in [-0.4, -0.2) is 44.4 Å². The number of fused-ring (bicyclic) bond motifs is 6. The van der Waals surface area contributed by atoms with Crippen molar-refractivity contribution >= 4 is 5.78 Å². The molecule has 0 amide bonds. The van der Waals surface area contributed by atoms with Crippen LogP contribution in [0, 0.1) is 5.41 Å². The van der Waals surface area contributed by atoms with Crippen molar-refractivity contribution in [1.29, 1.82) is 0 Å². The zero-order valence-corrected chi connectivity index (χ0v) is 19.4. The number of hydrogen-bond donors (Lipinski definition) is 0. The smallest absolute Gasteiger partial charge is 0.192 e. The number of ketones is 1. The molecule has 172 valence electrons. The molecule has 32 heavy (non-hydrogen) atoms. The Labute approximate surface area is 188 Å². The van der Waals surface area contributed by atoms with E-state index in [0.717, 1.165) is 29.7 Å². The van der Waals surface area contributed by atoms with Gasteiger partial charge in [-0.2, -0.15) is 0 Å². The fourth-order valence-electron chi connectivity index (χ4n) is 4.83. The molecule has 0 saturated carbocycles. The number of carbonyl (C=O) groups is 1. The van der Waals surface area contributed by atoms with Gasteiger partial charge in [0, 0.05) is 44.6 Å². The predicted octanol–water partition coefficient (Wildman–Crippen LogP) is 4.18. The summed E-state index contributed by atoms with van der Waals surface area (Å²) in [7, 11) is 3.26. The van der Waals surface area contributed by atoms with Crippen LogP contribution in [-0.2, 0) is 9.47 Å². The van der Waals surface area contributed by atoms with Gasteiger partial charge >= 0.3 is 0 Å². The van der Waals surface area contributed by atoms with Crippen molar-refractivity contribution in [2.24, 2.45) is 5.41 Å². The van der Waals surface area contributed by atoms with E-state index in [4.69, 9.17) is 18.9 Å². The van der Waals surface area contributed by atoms with Crippen LogP contribution >= 0.6 is 0 Å². The molecular weight excluding hydrogens is 410 g/mol. The summed E-state index contributed by atoms with van der Waals surface area (Å²) in [4.78, 5) is 24.9. The quantitative estimate of drug-likeness (QED) is 0.474. The first kappa shape index (κ1) is 22.6. The monoisotopic (exact) mass is 441 g/mol. The molecular formula is C25H31NO6. The third-order valence-corrected chi connectivity index (χ3v) is 6.56. The molecule has 0 N–H and O–H groups in total. The molecule has 0 bridgehead atoms. The zero-order chi connectivity index (χ0) is 23.0. The normalized spacial score (nSPS) is 20.7. The predicted molar refractivity (Wildman–Crippen MR) is 121 cm³/mol. The minimum atomic E-state index is -0.276. The molecule has 7 heteroatoms. The molecule has 2 aliphatic rings. The second-order valence-electron chi connectivity index (χ2n) is 9.16. The van der Waals surface area contributed by atoms with E-state index >= 15 is 0 Å². The molecule has 1 aromatic carbocycles. The summed E-state index contributed by atoms with van der Waals surface area (Å²) < 4.78 is 25.1. The van der Waals surface area contributed by atoms with Gasteiger partial charge in [0.25, 0.3) is 0 Å². The number of methoxy groups -OCH3 is 2. The van der Waals surface area contributed by atoms with E-state index in [-0.39, 0.29) is 34.3 Å². The summed E-state index contributed by atoms with van der Waals surface area (Å²) in [6.45, 7) is 7.60. The number of Topliss-reactive ketones (excluding diaryl/α,β-unsaturated/α-hetero) is 1. The van der Waals surface area contributed by atoms with Gasteiger partial charge in [0.05, 0.1) is 31.0 Å². The number of carbonyl (C=O) groups excluding carboxylic acids is 1. The molecule has 0 radical (unpaired) electrons. The molecule has 2 atom stereocenters. The number of aromatic nitrogens is 1. The zero-order valence-electron chi connectivity index (χ0n) is 19.4. The molecule has 3 heterocycles. The van der Waals surface area contributed by atoms with Gasteiger partial charge in [0.1, 0.15) is 6.10 Å². The summed E-state index contributed by atoms with van der Waals surface area (Å²) in [5, 5.41) is 0. The lowest BCUT2D eigenvalue weighted by Gasteiger charge is -2.49. The van der Waals surface area contributed by atoms with Crippen molar-refractivity contribution in [3.8, 4) is 22.8 Å². The Bertz CT molecular complexity index is 1090. The Balaban J connectivity index is 1.90. The molecule has 2 aliphatic heterocycles. The van der Waals surface area contributed by atoms with Gasteiger partial charge in [-0.25, -0.2) is 0 Å². The lowest BCUT2D eigenvalue weighted by molar-refractivity contribution is -0.0857. The summed E-state index contributed by atoms with van der Waals surface area (Å²) >= 11 is 0. The maximum Gasteiger partial charge on any atom is 0.192 e. The third kappa shape index (κ3) is 3.84. The molecule has 0 unspecified atom stereocenters. The summed E-state index contributed by atoms with van der Waals surface area (Å²) in [5.41, 5.74) is 2.42. The van der Waals surface area contributed by atoms with Gasteiger partial charge in [0.15, 0.2) is 22.7 Å². The average molecular weight is 442 g/mol. The Kier molecular flexibility index (Phi) is 6.14. The lowest BCUT2D eigenvalue weighted by Crippen LogP contribution is -2.42. The minimum Gasteiger partial charge on any atom is -0.493 e. The van der Waals surface area contributed by atoms with Crippen molar-refractivity contribution in [3.05, 3.63) is 45.7 Å². The van der Waals surface area contributed by atoms with Crippen LogP contribution in [0.4, 0.5) is 0 Å². The summed E-state index contributed by atoms with van der Waals surface area (Å²) in [5.74, 6) is 0.994. The van der Waals surface area contributed by atoms with Crippen LogP contribution in [0.3, 0.4) is 0 Å². The number of ether oxygens (including phenoxy) is 4. The number of nitrogens with zero attached hydrogens (tertiary/aromatic N) is 1. The Morgan fingerprint density at radius 2 is 1.97 bits per heavy atom. The van der Waals surface area contributed by atoms with Gasteiger partial charge in [-0.05, 0) is 36.5 Å². The van der Waals surface area contributed by atoms with Crippen molar-refractivity contribution < 1.29 is 23.7 Å². The van der Waals surface area contributed by atoms with Crippen LogP contribution in [0.5, 0.6) is 11.5 Å². The van der Waals surface area contributed by atoms with Crippen molar-refractivity contribution in [3.63, 3.8) is 0 Å². The SMILES string of the molecule is COCCCOc1cc2c(cc1OC)-c1cc(=O)c(C(C)=O)cn1[C@H]1[C@@H]2OCCC1(C)C. The number of hydrogen-bond acceptors (Lipinski definition) is 6. The van der Waals surface area contributed by atoms with E-state index in [1.54, 1.807) is 26.5 Å². The molecule has 7 nitrogen and oxygen atoms in total. The first-order chi connectivity index (χ1) is 15.3. The minimum absolute atomic E-state index is 0.0628. The van der Waals surface area contributed by atoms with Crippen molar-refractivity contribution in [2.45, 2.75) is 45.8 Å². The number of benzene rings is 1. The Morgan fingerprint density at radius 1 is 1.19 bits per heavy atom. The van der Waals surface area contributed by atoms with Crippen LogP contribution in [0.2, 0.25) is 0 Å². The van der Waals surface area contributed by atoms with Crippen LogP contribution in [0.1, 0.15) is 61.7 Å². The second kappa shape index (κ2) is 8.71. The van der Waals surface area contributed by atoms with E-state index in [1.807, 2.05) is 12.1 Å². The molecule has 1 fully saturated rings. The van der Waals surface area contributed by atoms with E-state index < -0.39 is 0 Å². The average Bonchev–Trinajstić information content (AvgIpc) is 2.75. The molecule has 0 spiro atoms. The molecule has 0 aliphatic carbocycles. The highest BCUT2D eigenvalue weighted by molar-refractivity contribution is 5.94. The van der Waals surface area contributed by atoms with Crippen LogP contribution in [0.15, 0.2) is 29.2 Å².